The monoisotopic (exact) mass is 543 g/mol. The molecule has 4 aromatic rings. The number of rotatable bonds is 5. The minimum absolute atomic E-state index is 0.00395. The number of nitrogens with zero attached hydrogens (tertiary/aromatic N) is 5. The number of nitrogens with one attached hydrogen (secondary N) is 2. The van der Waals surface area contributed by atoms with Crippen LogP contribution in [0.3, 0.4) is 0 Å². The van der Waals surface area contributed by atoms with E-state index in [0.29, 0.717) is 56.9 Å². The number of carbonyl (C=O) groups excluding carboxylic acids is 3. The standard InChI is InChI=1S/C27H25N7O4S/c1-15-13-18(38-21-6-3-10-29-32-21)7-8-19(15)34-20-9-11-28-26-22(20)23(31-27(34)37)24(39-26)25(36)30-17-5-4-12-33(14-17)16(2)35/h3,6-11,13,17H,4-5,12,14H2,1-2H3,(H,30,36)(H,31,37)/t17-/m1/s1. The molecule has 1 atom stereocenters. The molecule has 11 nitrogen and oxygen atoms in total. The van der Waals surface area contributed by atoms with Gasteiger partial charge in [-0.05, 0) is 55.7 Å². The Bertz CT molecular complexity index is 1610. The minimum Gasteiger partial charge on any atom is -0.438 e. The first-order valence-corrected chi connectivity index (χ1v) is 13.4. The molecule has 39 heavy (non-hydrogen) atoms. The third-order valence-corrected chi connectivity index (χ3v) is 7.93. The zero-order valence-corrected chi connectivity index (χ0v) is 22.1. The van der Waals surface area contributed by atoms with Crippen LogP contribution in [0.25, 0.3) is 10.2 Å². The number of pyridine rings is 1. The highest BCUT2D eigenvalue weighted by Gasteiger charge is 2.34. The molecule has 0 saturated carbocycles. The summed E-state index contributed by atoms with van der Waals surface area (Å²) >= 11 is 1.24. The number of likely N-dealkylation sites (tertiary alicyclic amines) is 1. The first kappa shape index (κ1) is 24.7. The van der Waals surface area contributed by atoms with Crippen LogP contribution in [0.15, 0.2) is 48.8 Å². The highest BCUT2D eigenvalue weighted by atomic mass is 32.1. The molecule has 6 rings (SSSR count). The zero-order valence-electron chi connectivity index (χ0n) is 21.3. The van der Waals surface area contributed by atoms with Gasteiger partial charge in [-0.15, -0.1) is 16.4 Å². The smallest absolute Gasteiger partial charge is 0.331 e. The summed E-state index contributed by atoms with van der Waals surface area (Å²) in [6, 6.07) is 10.1. The van der Waals surface area contributed by atoms with Gasteiger partial charge < -0.3 is 20.3 Å². The van der Waals surface area contributed by atoms with Gasteiger partial charge in [0.2, 0.25) is 11.8 Å². The van der Waals surface area contributed by atoms with E-state index < -0.39 is 0 Å². The van der Waals surface area contributed by atoms with Gasteiger partial charge in [0.1, 0.15) is 15.5 Å². The fourth-order valence-electron chi connectivity index (χ4n) is 5.02. The van der Waals surface area contributed by atoms with Gasteiger partial charge in [-0.3, -0.25) is 14.5 Å². The predicted molar refractivity (Wildman–Crippen MR) is 147 cm³/mol. The molecule has 0 aliphatic carbocycles. The Hall–Kier alpha value is -4.58. The van der Waals surface area contributed by atoms with Crippen LogP contribution < -0.4 is 20.3 Å². The summed E-state index contributed by atoms with van der Waals surface area (Å²) in [7, 11) is 0. The summed E-state index contributed by atoms with van der Waals surface area (Å²) in [5.41, 5.74) is 2.57. The predicted octanol–water partition coefficient (Wildman–Crippen LogP) is 4.61. The summed E-state index contributed by atoms with van der Waals surface area (Å²) in [6.45, 7) is 4.60. The highest BCUT2D eigenvalue weighted by Crippen LogP contribution is 2.46. The van der Waals surface area contributed by atoms with Crippen molar-refractivity contribution >= 4 is 56.5 Å². The fourth-order valence-corrected chi connectivity index (χ4v) is 6.04. The van der Waals surface area contributed by atoms with E-state index in [0.717, 1.165) is 18.4 Å². The molecular formula is C27H25N7O4S. The normalized spacial score (nSPS) is 16.7. The van der Waals surface area contributed by atoms with Crippen molar-refractivity contribution < 1.29 is 19.1 Å². The SMILES string of the molecule is CC(=O)N1CCC[C@@H](NC(=O)c2sc3nccc4c3c2NC(=O)N4c2ccc(Oc3cccnn3)cc2C)C1. The largest absolute Gasteiger partial charge is 0.438 e. The van der Waals surface area contributed by atoms with E-state index in [1.165, 1.54) is 18.3 Å². The number of hydrogen-bond acceptors (Lipinski definition) is 8. The molecule has 12 heteroatoms. The Morgan fingerprint density at radius 3 is 2.82 bits per heavy atom. The van der Waals surface area contributed by atoms with E-state index in [2.05, 4.69) is 25.8 Å². The summed E-state index contributed by atoms with van der Waals surface area (Å²) < 4.78 is 5.79. The van der Waals surface area contributed by atoms with Crippen molar-refractivity contribution in [3.63, 3.8) is 0 Å². The molecule has 1 fully saturated rings. The molecule has 1 saturated heterocycles. The average molecular weight is 544 g/mol. The van der Waals surface area contributed by atoms with Gasteiger partial charge in [0, 0.05) is 44.5 Å². The molecule has 2 N–H and O–H groups in total. The Morgan fingerprint density at radius 2 is 2.05 bits per heavy atom. The van der Waals surface area contributed by atoms with Crippen LogP contribution in [0.5, 0.6) is 11.6 Å². The van der Waals surface area contributed by atoms with E-state index >= 15 is 0 Å². The lowest BCUT2D eigenvalue weighted by Gasteiger charge is -2.32. The molecule has 1 aromatic carbocycles. The lowest BCUT2D eigenvalue weighted by atomic mass is 10.1. The van der Waals surface area contributed by atoms with E-state index in [1.807, 2.05) is 19.1 Å². The Balaban J connectivity index is 1.30. The molecule has 2 aliphatic rings. The Morgan fingerprint density at radius 1 is 1.18 bits per heavy atom. The summed E-state index contributed by atoms with van der Waals surface area (Å²) in [5.74, 6) is 0.642. The molecule has 0 spiro atoms. The van der Waals surface area contributed by atoms with E-state index in [-0.39, 0.29) is 23.9 Å². The molecule has 5 heterocycles. The third-order valence-electron chi connectivity index (χ3n) is 6.83. The van der Waals surface area contributed by atoms with Gasteiger partial charge in [-0.25, -0.2) is 9.78 Å². The number of urea groups is 1. The van der Waals surface area contributed by atoms with Crippen molar-refractivity contribution in [3.05, 3.63) is 59.2 Å². The first-order valence-electron chi connectivity index (χ1n) is 12.5. The second-order valence-corrected chi connectivity index (χ2v) is 10.5. The Kier molecular flexibility index (Phi) is 6.31. The molecule has 0 radical (unpaired) electrons. The molecule has 2 aliphatic heterocycles. The fraction of sp³-hybridized carbons (Fsp3) is 0.259. The van der Waals surface area contributed by atoms with Crippen molar-refractivity contribution in [2.24, 2.45) is 0 Å². The van der Waals surface area contributed by atoms with Crippen molar-refractivity contribution in [1.82, 2.24) is 25.4 Å². The molecule has 4 amide bonds. The van der Waals surface area contributed by atoms with Crippen LogP contribution in [0.2, 0.25) is 0 Å². The quantitative estimate of drug-likeness (QED) is 0.376. The van der Waals surface area contributed by atoms with E-state index in [9.17, 15) is 14.4 Å². The third kappa shape index (κ3) is 4.63. The van der Waals surface area contributed by atoms with Crippen molar-refractivity contribution in [2.45, 2.75) is 32.7 Å². The second-order valence-electron chi connectivity index (χ2n) is 9.47. The topological polar surface area (TPSA) is 130 Å². The molecule has 198 valence electrons. The van der Waals surface area contributed by atoms with Gasteiger partial charge in [-0.1, -0.05) is 0 Å². The van der Waals surface area contributed by atoms with Crippen molar-refractivity contribution in [2.75, 3.05) is 23.3 Å². The van der Waals surface area contributed by atoms with Crippen LogP contribution in [0.1, 0.15) is 35.0 Å². The van der Waals surface area contributed by atoms with Crippen molar-refractivity contribution in [3.8, 4) is 11.6 Å². The summed E-state index contributed by atoms with van der Waals surface area (Å²) in [5, 5.41) is 14.5. The van der Waals surface area contributed by atoms with Crippen LogP contribution in [0, 0.1) is 6.92 Å². The summed E-state index contributed by atoms with van der Waals surface area (Å²) in [6.07, 6.45) is 4.81. The van der Waals surface area contributed by atoms with Gasteiger partial charge >= 0.3 is 6.03 Å². The maximum atomic E-state index is 13.5. The van der Waals surface area contributed by atoms with Crippen LogP contribution >= 0.6 is 11.3 Å². The number of thiophene rings is 1. The average Bonchev–Trinajstić information content (AvgIpc) is 3.30. The van der Waals surface area contributed by atoms with Gasteiger partial charge in [-0.2, -0.15) is 5.10 Å². The number of ether oxygens (including phenoxy) is 1. The number of aromatic nitrogens is 3. The van der Waals surface area contributed by atoms with Gasteiger partial charge in [0.25, 0.3) is 5.91 Å². The lowest BCUT2D eigenvalue weighted by molar-refractivity contribution is -0.130. The summed E-state index contributed by atoms with van der Waals surface area (Å²) in [4.78, 5) is 47.5. The van der Waals surface area contributed by atoms with Gasteiger partial charge in [0.15, 0.2) is 0 Å². The Labute approximate surface area is 227 Å². The maximum Gasteiger partial charge on any atom is 0.331 e. The van der Waals surface area contributed by atoms with Gasteiger partial charge in [0.05, 0.1) is 22.4 Å². The molecule has 0 unspecified atom stereocenters. The number of hydrogen-bond donors (Lipinski definition) is 2. The minimum atomic E-state index is -0.381. The van der Waals surface area contributed by atoms with Crippen molar-refractivity contribution in [1.29, 1.82) is 0 Å². The highest BCUT2D eigenvalue weighted by molar-refractivity contribution is 7.21. The molecule has 0 bridgehead atoms. The van der Waals surface area contributed by atoms with Crippen LogP contribution in [-0.2, 0) is 4.79 Å². The number of anilines is 3. The van der Waals surface area contributed by atoms with Crippen LogP contribution in [0.4, 0.5) is 21.9 Å². The number of piperidine rings is 1. The second kappa shape index (κ2) is 9.95. The van der Waals surface area contributed by atoms with E-state index in [4.69, 9.17) is 4.74 Å². The number of carbonyl (C=O) groups is 3. The number of aryl methyl sites for hydroxylation is 1. The first-order chi connectivity index (χ1) is 18.9. The van der Waals surface area contributed by atoms with Crippen LogP contribution in [-0.4, -0.2) is 57.1 Å². The number of amides is 4. The van der Waals surface area contributed by atoms with E-state index in [1.54, 1.807) is 46.5 Å². The maximum absolute atomic E-state index is 13.5. The number of benzene rings is 1. The molecular weight excluding hydrogens is 518 g/mol. The zero-order chi connectivity index (χ0) is 27.1. The lowest BCUT2D eigenvalue weighted by Crippen LogP contribution is -2.49. The molecule has 3 aromatic heterocycles.